The van der Waals surface area contributed by atoms with E-state index in [4.69, 9.17) is 9.47 Å². The van der Waals surface area contributed by atoms with Crippen LogP contribution in [0.2, 0.25) is 0 Å². The zero-order valence-corrected chi connectivity index (χ0v) is 14.2. The molecule has 1 saturated carbocycles. The summed E-state index contributed by atoms with van der Waals surface area (Å²) >= 11 is 0. The molecule has 0 aliphatic heterocycles. The summed E-state index contributed by atoms with van der Waals surface area (Å²) in [6.07, 6.45) is 2.55. The van der Waals surface area contributed by atoms with Gasteiger partial charge in [0.2, 0.25) is 5.91 Å². The van der Waals surface area contributed by atoms with Gasteiger partial charge in [-0.2, -0.15) is 0 Å². The van der Waals surface area contributed by atoms with Gasteiger partial charge in [-0.05, 0) is 36.6 Å². The summed E-state index contributed by atoms with van der Waals surface area (Å²) in [5.41, 5.74) is 2.06. The Morgan fingerprint density at radius 3 is 2.38 bits per heavy atom. The molecule has 0 saturated heterocycles. The largest absolute Gasteiger partial charge is 0.497 e. The molecule has 1 aliphatic rings. The van der Waals surface area contributed by atoms with E-state index >= 15 is 0 Å². The lowest BCUT2D eigenvalue weighted by molar-refractivity contribution is -0.131. The number of carbonyl (C=O) groups excluding carboxylic acids is 1. The molecular weight excluding hydrogens is 302 g/mol. The van der Waals surface area contributed by atoms with Gasteiger partial charge in [0.05, 0.1) is 20.6 Å². The van der Waals surface area contributed by atoms with Crippen LogP contribution in [0.4, 0.5) is 0 Å². The first kappa shape index (κ1) is 16.4. The zero-order chi connectivity index (χ0) is 16.9. The third-order valence-corrected chi connectivity index (χ3v) is 4.35. The standard InChI is InChI=1S/C20H23NO3/c1-23-18-11-7-15(8-12-18)14-21(17-9-10-17)20(22)13-16-5-3-4-6-19(16)24-2/h3-8,11-12,17H,9-10,13-14H2,1-2H3. The van der Waals surface area contributed by atoms with Gasteiger partial charge in [0, 0.05) is 18.2 Å². The first-order valence-corrected chi connectivity index (χ1v) is 8.25. The van der Waals surface area contributed by atoms with Crippen LogP contribution < -0.4 is 9.47 Å². The van der Waals surface area contributed by atoms with Crippen molar-refractivity contribution < 1.29 is 14.3 Å². The highest BCUT2D eigenvalue weighted by atomic mass is 16.5. The fourth-order valence-corrected chi connectivity index (χ4v) is 2.85. The minimum absolute atomic E-state index is 0.151. The van der Waals surface area contributed by atoms with Gasteiger partial charge in [0.25, 0.3) is 0 Å². The fourth-order valence-electron chi connectivity index (χ4n) is 2.85. The van der Waals surface area contributed by atoms with Gasteiger partial charge in [0.1, 0.15) is 11.5 Å². The van der Waals surface area contributed by atoms with Gasteiger partial charge >= 0.3 is 0 Å². The van der Waals surface area contributed by atoms with Gasteiger partial charge in [-0.3, -0.25) is 4.79 Å². The maximum absolute atomic E-state index is 12.8. The van der Waals surface area contributed by atoms with Crippen LogP contribution in [0.25, 0.3) is 0 Å². The van der Waals surface area contributed by atoms with E-state index in [1.807, 2.05) is 53.4 Å². The van der Waals surface area contributed by atoms with Crippen molar-refractivity contribution >= 4 is 5.91 Å². The van der Waals surface area contributed by atoms with E-state index in [1.54, 1.807) is 14.2 Å². The van der Waals surface area contributed by atoms with E-state index < -0.39 is 0 Å². The van der Waals surface area contributed by atoms with Crippen molar-refractivity contribution in [3.8, 4) is 11.5 Å². The number of amides is 1. The molecule has 0 spiro atoms. The molecular formula is C20H23NO3. The normalized spacial score (nSPS) is 13.4. The molecule has 1 aliphatic carbocycles. The monoisotopic (exact) mass is 325 g/mol. The lowest BCUT2D eigenvalue weighted by Gasteiger charge is -2.23. The Balaban J connectivity index is 1.71. The van der Waals surface area contributed by atoms with Crippen molar-refractivity contribution in [2.24, 2.45) is 0 Å². The van der Waals surface area contributed by atoms with E-state index in [0.717, 1.165) is 35.5 Å². The van der Waals surface area contributed by atoms with E-state index in [1.165, 1.54) is 0 Å². The average Bonchev–Trinajstić information content (AvgIpc) is 3.45. The van der Waals surface area contributed by atoms with Crippen molar-refractivity contribution in [2.75, 3.05) is 14.2 Å². The van der Waals surface area contributed by atoms with Gasteiger partial charge in [-0.25, -0.2) is 0 Å². The number of carbonyl (C=O) groups is 1. The van der Waals surface area contributed by atoms with Gasteiger partial charge in [-0.1, -0.05) is 30.3 Å². The molecule has 126 valence electrons. The molecule has 0 unspecified atom stereocenters. The first-order chi connectivity index (χ1) is 11.7. The Kier molecular flexibility index (Phi) is 5.04. The van der Waals surface area contributed by atoms with Gasteiger partial charge in [-0.15, -0.1) is 0 Å². The highest BCUT2D eigenvalue weighted by Gasteiger charge is 2.32. The highest BCUT2D eigenvalue weighted by Crippen LogP contribution is 2.30. The molecule has 0 aromatic heterocycles. The first-order valence-electron chi connectivity index (χ1n) is 8.25. The summed E-state index contributed by atoms with van der Waals surface area (Å²) in [4.78, 5) is 14.8. The van der Waals surface area contributed by atoms with Crippen LogP contribution in [0.3, 0.4) is 0 Å². The Labute approximate surface area is 143 Å². The van der Waals surface area contributed by atoms with Crippen LogP contribution in [0.5, 0.6) is 11.5 Å². The smallest absolute Gasteiger partial charge is 0.227 e. The molecule has 2 aromatic rings. The molecule has 0 bridgehead atoms. The average molecular weight is 325 g/mol. The number of hydrogen-bond acceptors (Lipinski definition) is 3. The molecule has 0 atom stereocenters. The Morgan fingerprint density at radius 1 is 1.04 bits per heavy atom. The van der Waals surface area contributed by atoms with E-state index in [-0.39, 0.29) is 5.91 Å². The summed E-state index contributed by atoms with van der Waals surface area (Å²) in [5, 5.41) is 0. The number of para-hydroxylation sites is 1. The molecule has 2 aromatic carbocycles. The number of ether oxygens (including phenoxy) is 2. The molecule has 4 nitrogen and oxygen atoms in total. The SMILES string of the molecule is COc1ccc(CN(C(=O)Cc2ccccc2OC)C2CC2)cc1. The Bertz CT molecular complexity index is 692. The minimum atomic E-state index is 0.151. The van der Waals surface area contributed by atoms with Crippen LogP contribution >= 0.6 is 0 Å². The number of methoxy groups -OCH3 is 2. The quantitative estimate of drug-likeness (QED) is 0.783. The predicted octanol–water partition coefficient (Wildman–Crippen LogP) is 3.44. The van der Waals surface area contributed by atoms with Crippen molar-refractivity contribution in [1.29, 1.82) is 0 Å². The number of rotatable bonds is 7. The molecule has 4 heteroatoms. The molecule has 24 heavy (non-hydrogen) atoms. The summed E-state index contributed by atoms with van der Waals surface area (Å²) in [7, 11) is 3.29. The highest BCUT2D eigenvalue weighted by molar-refractivity contribution is 5.80. The fraction of sp³-hybridized carbons (Fsp3) is 0.350. The topological polar surface area (TPSA) is 38.8 Å². The summed E-state index contributed by atoms with van der Waals surface area (Å²) in [5.74, 6) is 1.75. The van der Waals surface area contributed by atoms with Crippen LogP contribution in [0.15, 0.2) is 48.5 Å². The molecule has 1 fully saturated rings. The molecule has 0 heterocycles. The third kappa shape index (κ3) is 3.88. The second kappa shape index (κ2) is 7.39. The van der Waals surface area contributed by atoms with Crippen LogP contribution in [0.1, 0.15) is 24.0 Å². The third-order valence-electron chi connectivity index (χ3n) is 4.35. The van der Waals surface area contributed by atoms with E-state index in [2.05, 4.69) is 0 Å². The molecule has 1 amide bonds. The summed E-state index contributed by atoms with van der Waals surface area (Å²) < 4.78 is 10.6. The number of hydrogen-bond donors (Lipinski definition) is 0. The van der Waals surface area contributed by atoms with Crippen molar-refractivity contribution in [3.05, 3.63) is 59.7 Å². The Hall–Kier alpha value is -2.49. The molecule has 0 radical (unpaired) electrons. The lowest BCUT2D eigenvalue weighted by atomic mass is 10.1. The number of benzene rings is 2. The second-order valence-corrected chi connectivity index (χ2v) is 6.09. The number of nitrogens with zero attached hydrogens (tertiary/aromatic N) is 1. The zero-order valence-electron chi connectivity index (χ0n) is 14.2. The van der Waals surface area contributed by atoms with Crippen LogP contribution in [-0.2, 0) is 17.8 Å². The lowest BCUT2D eigenvalue weighted by Crippen LogP contribution is -2.33. The van der Waals surface area contributed by atoms with Crippen molar-refractivity contribution in [3.63, 3.8) is 0 Å². The second-order valence-electron chi connectivity index (χ2n) is 6.09. The molecule has 0 N–H and O–H groups in total. The Morgan fingerprint density at radius 2 is 1.75 bits per heavy atom. The van der Waals surface area contributed by atoms with Crippen LogP contribution in [-0.4, -0.2) is 31.1 Å². The molecule has 3 rings (SSSR count). The van der Waals surface area contributed by atoms with E-state index in [0.29, 0.717) is 19.0 Å². The van der Waals surface area contributed by atoms with Crippen molar-refractivity contribution in [2.45, 2.75) is 31.8 Å². The van der Waals surface area contributed by atoms with Crippen molar-refractivity contribution in [1.82, 2.24) is 4.90 Å². The van der Waals surface area contributed by atoms with Crippen LogP contribution in [0, 0.1) is 0 Å². The summed E-state index contributed by atoms with van der Waals surface area (Å²) in [6.45, 7) is 0.642. The maximum atomic E-state index is 12.8. The van der Waals surface area contributed by atoms with E-state index in [9.17, 15) is 4.79 Å². The minimum Gasteiger partial charge on any atom is -0.497 e. The predicted molar refractivity (Wildman–Crippen MR) is 93.3 cm³/mol. The maximum Gasteiger partial charge on any atom is 0.227 e. The summed E-state index contributed by atoms with van der Waals surface area (Å²) in [6, 6.07) is 16.0. The van der Waals surface area contributed by atoms with Gasteiger partial charge < -0.3 is 14.4 Å². The van der Waals surface area contributed by atoms with Gasteiger partial charge in [0.15, 0.2) is 0 Å².